The predicted molar refractivity (Wildman–Crippen MR) is 67.9 cm³/mol. The molecule has 0 spiro atoms. The second-order valence-electron chi connectivity index (χ2n) is 5.03. The molecule has 1 aromatic rings. The van der Waals surface area contributed by atoms with Crippen LogP contribution >= 0.6 is 0 Å². The lowest BCUT2D eigenvalue weighted by molar-refractivity contribution is -0.155. The molecule has 1 aromatic heterocycles. The van der Waals surface area contributed by atoms with Crippen molar-refractivity contribution >= 4 is 17.6 Å². The number of halogens is 1. The van der Waals surface area contributed by atoms with Crippen molar-refractivity contribution in [2.24, 2.45) is 0 Å². The Labute approximate surface area is 111 Å². The van der Waals surface area contributed by atoms with Crippen LogP contribution in [-0.2, 0) is 14.3 Å². The quantitative estimate of drug-likeness (QED) is 0.851. The third-order valence-corrected chi connectivity index (χ3v) is 1.96. The second kappa shape index (κ2) is 6.26. The molecule has 0 aliphatic heterocycles. The molecule has 5 nitrogen and oxygen atoms in total. The van der Waals surface area contributed by atoms with E-state index in [-0.39, 0.29) is 18.5 Å². The van der Waals surface area contributed by atoms with Gasteiger partial charge in [-0.15, -0.1) is 0 Å². The summed E-state index contributed by atoms with van der Waals surface area (Å²) in [5.74, 6) is -1.37. The van der Waals surface area contributed by atoms with Crippen molar-refractivity contribution in [3.05, 3.63) is 24.3 Å². The van der Waals surface area contributed by atoms with Crippen molar-refractivity contribution in [1.29, 1.82) is 0 Å². The average molecular weight is 268 g/mol. The smallest absolute Gasteiger partial charge is 0.306 e. The average Bonchev–Trinajstić information content (AvgIpc) is 2.24. The third-order valence-electron chi connectivity index (χ3n) is 1.96. The molecule has 1 N–H and O–H groups in total. The monoisotopic (exact) mass is 268 g/mol. The first kappa shape index (κ1) is 15.1. The number of amides is 1. The number of rotatable bonds is 4. The molecule has 0 fully saturated rings. The van der Waals surface area contributed by atoms with Crippen molar-refractivity contribution in [2.75, 3.05) is 5.32 Å². The maximum atomic E-state index is 12.8. The molecule has 1 rings (SSSR count). The maximum Gasteiger partial charge on any atom is 0.306 e. The first-order chi connectivity index (χ1) is 8.76. The number of nitrogens with one attached hydrogen (secondary N) is 1. The number of pyridine rings is 1. The summed E-state index contributed by atoms with van der Waals surface area (Å²) in [6.07, 6.45) is 2.32. The first-order valence-corrected chi connectivity index (χ1v) is 5.88. The number of hydrogen-bond acceptors (Lipinski definition) is 4. The van der Waals surface area contributed by atoms with E-state index in [4.69, 9.17) is 4.74 Å². The van der Waals surface area contributed by atoms with E-state index in [1.165, 1.54) is 6.20 Å². The normalized spacial score (nSPS) is 10.9. The Bertz CT molecular complexity index is 469. The number of carbonyl (C=O) groups excluding carboxylic acids is 2. The Balaban J connectivity index is 2.38. The molecule has 0 unspecified atom stereocenters. The summed E-state index contributed by atoms with van der Waals surface area (Å²) in [5.41, 5.74) is -0.311. The van der Waals surface area contributed by atoms with Crippen LogP contribution in [0.1, 0.15) is 33.6 Å². The summed E-state index contributed by atoms with van der Waals surface area (Å²) in [6.45, 7) is 5.26. The van der Waals surface area contributed by atoms with Gasteiger partial charge >= 0.3 is 5.97 Å². The number of ether oxygens (including phenoxy) is 1. The summed E-state index contributed by atoms with van der Waals surface area (Å²) in [6, 6.07) is 1.15. The van der Waals surface area contributed by atoms with Crippen LogP contribution in [0, 0.1) is 5.82 Å². The van der Waals surface area contributed by atoms with Gasteiger partial charge in [-0.2, -0.15) is 0 Å². The van der Waals surface area contributed by atoms with Gasteiger partial charge in [-0.3, -0.25) is 14.6 Å². The Morgan fingerprint density at radius 1 is 1.32 bits per heavy atom. The molecule has 104 valence electrons. The highest BCUT2D eigenvalue weighted by Gasteiger charge is 2.17. The summed E-state index contributed by atoms with van der Waals surface area (Å²) in [4.78, 5) is 26.5. The van der Waals surface area contributed by atoms with Gasteiger partial charge in [-0.1, -0.05) is 0 Å². The molecule has 1 amide bonds. The Hall–Kier alpha value is -1.98. The van der Waals surface area contributed by atoms with Gasteiger partial charge in [0.25, 0.3) is 0 Å². The van der Waals surface area contributed by atoms with E-state index in [9.17, 15) is 14.0 Å². The molecule has 0 bridgehead atoms. The summed E-state index contributed by atoms with van der Waals surface area (Å²) in [7, 11) is 0. The minimum absolute atomic E-state index is 0.0220. The Kier molecular flexibility index (Phi) is 4.97. The van der Waals surface area contributed by atoms with E-state index >= 15 is 0 Å². The van der Waals surface area contributed by atoms with Gasteiger partial charge < -0.3 is 10.1 Å². The molecule has 19 heavy (non-hydrogen) atoms. The highest BCUT2D eigenvalue weighted by molar-refractivity contribution is 5.92. The SMILES string of the molecule is CC(C)(C)OC(=O)CCC(=O)Nc1cncc(F)c1. The third kappa shape index (κ3) is 6.49. The summed E-state index contributed by atoms with van der Waals surface area (Å²) >= 11 is 0. The maximum absolute atomic E-state index is 12.8. The van der Waals surface area contributed by atoms with Crippen LogP contribution in [0.4, 0.5) is 10.1 Å². The number of nitrogens with zero attached hydrogens (tertiary/aromatic N) is 1. The Morgan fingerprint density at radius 3 is 2.58 bits per heavy atom. The number of hydrogen-bond donors (Lipinski definition) is 1. The minimum Gasteiger partial charge on any atom is -0.460 e. The van der Waals surface area contributed by atoms with Gasteiger partial charge in [-0.25, -0.2) is 4.39 Å². The lowest BCUT2D eigenvalue weighted by atomic mass is 10.2. The van der Waals surface area contributed by atoms with Crippen molar-refractivity contribution < 1.29 is 18.7 Å². The zero-order chi connectivity index (χ0) is 14.5. The van der Waals surface area contributed by atoms with Crippen LogP contribution in [0.3, 0.4) is 0 Å². The number of anilines is 1. The van der Waals surface area contributed by atoms with Gasteiger partial charge in [-0.05, 0) is 20.8 Å². The number of carbonyl (C=O) groups is 2. The molecular weight excluding hydrogens is 251 g/mol. The molecule has 0 saturated carbocycles. The zero-order valence-electron chi connectivity index (χ0n) is 11.2. The van der Waals surface area contributed by atoms with Crippen LogP contribution in [0.5, 0.6) is 0 Å². The summed E-state index contributed by atoms with van der Waals surface area (Å²) < 4.78 is 17.9. The van der Waals surface area contributed by atoms with E-state index < -0.39 is 23.3 Å². The fourth-order valence-corrected chi connectivity index (χ4v) is 1.31. The van der Waals surface area contributed by atoms with Crippen molar-refractivity contribution in [3.63, 3.8) is 0 Å². The molecule has 0 aliphatic carbocycles. The molecule has 0 radical (unpaired) electrons. The molecule has 0 saturated heterocycles. The van der Waals surface area contributed by atoms with Gasteiger partial charge in [0.2, 0.25) is 5.91 Å². The molecular formula is C13H17FN2O3. The predicted octanol–water partition coefficient (Wildman–Crippen LogP) is 2.28. The zero-order valence-corrected chi connectivity index (χ0v) is 11.2. The van der Waals surface area contributed by atoms with E-state index in [1.54, 1.807) is 20.8 Å². The van der Waals surface area contributed by atoms with Crippen LogP contribution in [0.25, 0.3) is 0 Å². The molecule has 6 heteroatoms. The van der Waals surface area contributed by atoms with Crippen LogP contribution in [0.15, 0.2) is 18.5 Å². The standard InChI is InChI=1S/C13H17FN2O3/c1-13(2,3)19-12(18)5-4-11(17)16-10-6-9(14)7-15-8-10/h6-8H,4-5H2,1-3H3,(H,16,17). The van der Waals surface area contributed by atoms with Crippen LogP contribution < -0.4 is 5.32 Å². The highest BCUT2D eigenvalue weighted by Crippen LogP contribution is 2.10. The molecule has 1 heterocycles. The number of esters is 1. The largest absolute Gasteiger partial charge is 0.460 e. The van der Waals surface area contributed by atoms with Gasteiger partial charge in [0.1, 0.15) is 11.4 Å². The van der Waals surface area contributed by atoms with E-state index in [1.807, 2.05) is 0 Å². The topological polar surface area (TPSA) is 68.3 Å². The minimum atomic E-state index is -0.569. The van der Waals surface area contributed by atoms with Crippen LogP contribution in [0.2, 0.25) is 0 Å². The van der Waals surface area contributed by atoms with Gasteiger partial charge in [0.15, 0.2) is 0 Å². The molecule has 0 aromatic carbocycles. The molecule has 0 aliphatic rings. The van der Waals surface area contributed by atoms with E-state index in [0.29, 0.717) is 0 Å². The summed E-state index contributed by atoms with van der Waals surface area (Å²) in [5, 5.41) is 2.45. The fourth-order valence-electron chi connectivity index (χ4n) is 1.31. The van der Waals surface area contributed by atoms with Crippen molar-refractivity contribution in [1.82, 2.24) is 4.98 Å². The van der Waals surface area contributed by atoms with Gasteiger partial charge in [0.05, 0.1) is 24.5 Å². The van der Waals surface area contributed by atoms with Crippen molar-refractivity contribution in [2.45, 2.75) is 39.2 Å². The Morgan fingerprint density at radius 2 is 2.00 bits per heavy atom. The fraction of sp³-hybridized carbons (Fsp3) is 0.462. The highest BCUT2D eigenvalue weighted by atomic mass is 19.1. The van der Waals surface area contributed by atoms with Crippen molar-refractivity contribution in [3.8, 4) is 0 Å². The van der Waals surface area contributed by atoms with E-state index in [0.717, 1.165) is 12.3 Å². The lowest BCUT2D eigenvalue weighted by Gasteiger charge is -2.19. The second-order valence-corrected chi connectivity index (χ2v) is 5.03. The molecule has 0 atom stereocenters. The van der Waals surface area contributed by atoms with Gasteiger partial charge in [0, 0.05) is 12.5 Å². The number of aromatic nitrogens is 1. The lowest BCUT2D eigenvalue weighted by Crippen LogP contribution is -2.24. The first-order valence-electron chi connectivity index (χ1n) is 5.88. The van der Waals surface area contributed by atoms with E-state index in [2.05, 4.69) is 10.3 Å². The van der Waals surface area contributed by atoms with Crippen LogP contribution in [-0.4, -0.2) is 22.5 Å².